The maximum Gasteiger partial charge on any atom is 0.136 e. The molecule has 0 amide bonds. The molecule has 0 spiro atoms. The molecule has 0 aliphatic heterocycles. The van der Waals surface area contributed by atoms with Crippen molar-refractivity contribution in [2.75, 3.05) is 0 Å². The minimum Gasteiger partial charge on any atom is -0.393 e. The quantitative estimate of drug-likeness (QED) is 0.707. The zero-order chi connectivity index (χ0) is 11.0. The number of hydrogen-bond acceptors (Lipinski definition) is 2. The number of carbonyl (C=O) groups is 1. The van der Waals surface area contributed by atoms with E-state index in [4.69, 9.17) is 0 Å². The molecule has 2 fully saturated rings. The molecule has 2 saturated carbocycles. The van der Waals surface area contributed by atoms with E-state index in [0.717, 1.165) is 19.3 Å². The Morgan fingerprint density at radius 2 is 2.20 bits per heavy atom. The summed E-state index contributed by atoms with van der Waals surface area (Å²) in [7, 11) is 0. The maximum absolute atomic E-state index is 11.8. The number of aliphatic hydroxyl groups is 1. The van der Waals surface area contributed by atoms with Crippen LogP contribution in [0.3, 0.4) is 0 Å². The number of aliphatic hydroxyl groups excluding tert-OH is 1. The molecule has 15 heavy (non-hydrogen) atoms. The maximum atomic E-state index is 11.8. The van der Waals surface area contributed by atoms with E-state index < -0.39 is 0 Å². The van der Waals surface area contributed by atoms with Crippen molar-refractivity contribution >= 4 is 5.78 Å². The number of hydrogen-bond donors (Lipinski definition) is 1. The van der Waals surface area contributed by atoms with Gasteiger partial charge in [0, 0.05) is 12.3 Å². The highest BCUT2D eigenvalue weighted by Crippen LogP contribution is 2.47. The van der Waals surface area contributed by atoms with E-state index in [1.165, 1.54) is 5.57 Å². The summed E-state index contributed by atoms with van der Waals surface area (Å²) in [6.07, 6.45) is 5.30. The summed E-state index contributed by atoms with van der Waals surface area (Å²) >= 11 is 0. The smallest absolute Gasteiger partial charge is 0.136 e. The Morgan fingerprint density at radius 3 is 2.87 bits per heavy atom. The summed E-state index contributed by atoms with van der Waals surface area (Å²) in [5.74, 6) is 1.56. The predicted molar refractivity (Wildman–Crippen MR) is 59.4 cm³/mol. The van der Waals surface area contributed by atoms with Crippen LogP contribution in [-0.4, -0.2) is 17.0 Å². The van der Waals surface area contributed by atoms with Gasteiger partial charge >= 0.3 is 0 Å². The van der Waals surface area contributed by atoms with Crippen LogP contribution >= 0.6 is 0 Å². The molecule has 2 heteroatoms. The lowest BCUT2D eigenvalue weighted by Crippen LogP contribution is -2.15. The van der Waals surface area contributed by atoms with Crippen LogP contribution in [0.15, 0.2) is 11.6 Å². The highest BCUT2D eigenvalue weighted by molar-refractivity contribution is 5.84. The fourth-order valence-corrected chi connectivity index (χ4v) is 3.17. The van der Waals surface area contributed by atoms with Gasteiger partial charge in [-0.25, -0.2) is 0 Å². The molecule has 2 aliphatic rings. The average molecular weight is 208 g/mol. The molecule has 0 heterocycles. The summed E-state index contributed by atoms with van der Waals surface area (Å²) in [6, 6.07) is 0. The van der Waals surface area contributed by atoms with Crippen molar-refractivity contribution in [3.05, 3.63) is 11.6 Å². The largest absolute Gasteiger partial charge is 0.393 e. The Labute approximate surface area is 91.4 Å². The second kappa shape index (κ2) is 4.09. The summed E-state index contributed by atoms with van der Waals surface area (Å²) in [5, 5.41) is 9.59. The van der Waals surface area contributed by atoms with Crippen molar-refractivity contribution in [2.45, 2.75) is 45.6 Å². The van der Waals surface area contributed by atoms with Crippen molar-refractivity contribution in [2.24, 2.45) is 17.8 Å². The third kappa shape index (κ3) is 2.15. The minimum absolute atomic E-state index is 0.151. The zero-order valence-electron chi connectivity index (χ0n) is 9.57. The first-order valence-electron chi connectivity index (χ1n) is 5.92. The Balaban J connectivity index is 2.04. The van der Waals surface area contributed by atoms with Crippen LogP contribution in [0.25, 0.3) is 0 Å². The molecule has 2 rings (SSSR count). The molecule has 0 unspecified atom stereocenters. The van der Waals surface area contributed by atoms with Gasteiger partial charge in [-0.2, -0.15) is 0 Å². The second-order valence-corrected chi connectivity index (χ2v) is 5.34. The fourth-order valence-electron chi connectivity index (χ4n) is 3.17. The van der Waals surface area contributed by atoms with Gasteiger partial charge in [-0.15, -0.1) is 0 Å². The lowest BCUT2D eigenvalue weighted by Gasteiger charge is -2.15. The monoisotopic (exact) mass is 208 g/mol. The van der Waals surface area contributed by atoms with Crippen LogP contribution in [0.4, 0.5) is 0 Å². The van der Waals surface area contributed by atoms with E-state index in [0.29, 0.717) is 24.0 Å². The van der Waals surface area contributed by atoms with Gasteiger partial charge in [0.25, 0.3) is 0 Å². The van der Waals surface area contributed by atoms with Crippen molar-refractivity contribution in [1.29, 1.82) is 0 Å². The molecule has 4 atom stereocenters. The first-order chi connectivity index (χ1) is 7.08. The zero-order valence-corrected chi connectivity index (χ0v) is 9.57. The lowest BCUT2D eigenvalue weighted by atomic mass is 9.89. The highest BCUT2D eigenvalue weighted by atomic mass is 16.3. The van der Waals surface area contributed by atoms with E-state index in [-0.39, 0.29) is 12.0 Å². The Hall–Kier alpha value is -0.630. The molecule has 1 N–H and O–H groups in total. The van der Waals surface area contributed by atoms with Crippen molar-refractivity contribution < 1.29 is 9.90 Å². The van der Waals surface area contributed by atoms with Crippen molar-refractivity contribution in [1.82, 2.24) is 0 Å². The minimum atomic E-state index is -0.151. The van der Waals surface area contributed by atoms with Gasteiger partial charge in [0.05, 0.1) is 6.10 Å². The van der Waals surface area contributed by atoms with E-state index in [1.54, 1.807) is 0 Å². The van der Waals surface area contributed by atoms with Crippen LogP contribution in [0.5, 0.6) is 0 Å². The van der Waals surface area contributed by atoms with Crippen LogP contribution < -0.4 is 0 Å². The third-order valence-electron chi connectivity index (χ3n) is 3.90. The molecule has 0 saturated heterocycles. The van der Waals surface area contributed by atoms with Crippen LogP contribution in [-0.2, 0) is 4.79 Å². The SMILES string of the molecule is CC(C)=CC[C@H]1C(=O)C[C@@H]2C[C@H](O)C[C@@H]21. The molecule has 0 aromatic rings. The Morgan fingerprint density at radius 1 is 1.47 bits per heavy atom. The first-order valence-corrected chi connectivity index (χ1v) is 5.92. The van der Waals surface area contributed by atoms with Crippen molar-refractivity contribution in [3.8, 4) is 0 Å². The summed E-state index contributed by atoms with van der Waals surface area (Å²) in [5.41, 5.74) is 1.28. The number of rotatable bonds is 2. The van der Waals surface area contributed by atoms with E-state index in [9.17, 15) is 9.90 Å². The molecule has 0 aromatic carbocycles. The van der Waals surface area contributed by atoms with Gasteiger partial charge in [0.2, 0.25) is 0 Å². The second-order valence-electron chi connectivity index (χ2n) is 5.34. The van der Waals surface area contributed by atoms with E-state index in [1.807, 2.05) is 0 Å². The number of fused-ring (bicyclic) bond motifs is 1. The normalized spacial score (nSPS) is 39.3. The molecule has 0 bridgehead atoms. The van der Waals surface area contributed by atoms with Gasteiger partial charge in [-0.3, -0.25) is 4.79 Å². The third-order valence-corrected chi connectivity index (χ3v) is 3.90. The van der Waals surface area contributed by atoms with Crippen molar-refractivity contribution in [3.63, 3.8) is 0 Å². The molecular formula is C13H20O2. The topological polar surface area (TPSA) is 37.3 Å². The fraction of sp³-hybridized carbons (Fsp3) is 0.769. The van der Waals surface area contributed by atoms with Gasteiger partial charge in [-0.1, -0.05) is 11.6 Å². The van der Waals surface area contributed by atoms with Gasteiger partial charge < -0.3 is 5.11 Å². The van der Waals surface area contributed by atoms with Crippen LogP contribution in [0, 0.1) is 17.8 Å². The summed E-state index contributed by atoms with van der Waals surface area (Å²) in [6.45, 7) is 4.14. The average Bonchev–Trinajstić information content (AvgIpc) is 2.57. The van der Waals surface area contributed by atoms with Gasteiger partial charge in [0.15, 0.2) is 0 Å². The molecule has 2 aliphatic carbocycles. The predicted octanol–water partition coefficient (Wildman–Crippen LogP) is 2.32. The van der Waals surface area contributed by atoms with Crippen LogP contribution in [0.1, 0.15) is 39.5 Å². The standard InChI is InChI=1S/C13H20O2/c1-8(2)3-4-11-12-7-10(14)5-9(12)6-13(11)15/h3,9-12,14H,4-7H2,1-2H3/t9-,10-,11+,12-/m0/s1. The molecule has 84 valence electrons. The van der Waals surface area contributed by atoms with Gasteiger partial charge in [-0.05, 0) is 44.9 Å². The summed E-state index contributed by atoms with van der Waals surface area (Å²) < 4.78 is 0. The molecular weight excluding hydrogens is 188 g/mol. The molecule has 2 nitrogen and oxygen atoms in total. The van der Waals surface area contributed by atoms with Gasteiger partial charge in [0.1, 0.15) is 5.78 Å². The first kappa shape index (κ1) is 10.9. The molecule has 0 radical (unpaired) electrons. The number of Topliss-reactive ketones (excluding diaryl/α,β-unsaturated/α-hetero) is 1. The van der Waals surface area contributed by atoms with E-state index in [2.05, 4.69) is 19.9 Å². The Kier molecular flexibility index (Phi) is 2.96. The number of ketones is 1. The molecule has 0 aromatic heterocycles. The van der Waals surface area contributed by atoms with Crippen LogP contribution in [0.2, 0.25) is 0 Å². The Bertz CT molecular complexity index is 289. The highest BCUT2D eigenvalue weighted by Gasteiger charge is 2.46. The summed E-state index contributed by atoms with van der Waals surface area (Å²) in [4.78, 5) is 11.8. The number of carbonyl (C=O) groups excluding carboxylic acids is 1. The number of allylic oxidation sites excluding steroid dienone is 2. The lowest BCUT2D eigenvalue weighted by molar-refractivity contribution is -0.121. The van der Waals surface area contributed by atoms with E-state index >= 15 is 0 Å².